The normalized spacial score (nSPS) is 10.3. The molecule has 0 spiro atoms. The fraction of sp³-hybridized carbons (Fsp3) is 0.500. The van der Waals surface area contributed by atoms with Crippen molar-refractivity contribution >= 4 is 11.6 Å². The van der Waals surface area contributed by atoms with Crippen LogP contribution in [0.4, 0.5) is 5.69 Å². The standard InChI is InChI=1S/C14H22N2O2/c1-3-9-16(14(17)8-10-18-2)11-12-4-6-13(15)7-5-12/h4-7H,3,8-11,15H2,1-2H3. The highest BCUT2D eigenvalue weighted by Crippen LogP contribution is 2.10. The van der Waals surface area contributed by atoms with Gasteiger partial charge in [-0.2, -0.15) is 0 Å². The maximum absolute atomic E-state index is 12.0. The first kappa shape index (κ1) is 14.5. The van der Waals surface area contributed by atoms with Gasteiger partial charge in [-0.1, -0.05) is 19.1 Å². The molecule has 0 saturated carbocycles. The number of nitrogens with zero attached hydrogens (tertiary/aromatic N) is 1. The molecule has 0 bridgehead atoms. The quantitative estimate of drug-likeness (QED) is 0.753. The van der Waals surface area contributed by atoms with E-state index < -0.39 is 0 Å². The number of anilines is 1. The third-order valence-electron chi connectivity index (χ3n) is 2.72. The summed E-state index contributed by atoms with van der Waals surface area (Å²) in [6, 6.07) is 7.64. The average Bonchev–Trinajstić information content (AvgIpc) is 2.38. The number of ether oxygens (including phenoxy) is 1. The van der Waals surface area contributed by atoms with Gasteiger partial charge in [-0.3, -0.25) is 4.79 Å². The minimum Gasteiger partial charge on any atom is -0.399 e. The molecule has 0 saturated heterocycles. The summed E-state index contributed by atoms with van der Waals surface area (Å²) < 4.78 is 4.94. The highest BCUT2D eigenvalue weighted by atomic mass is 16.5. The second-order valence-corrected chi connectivity index (χ2v) is 4.30. The molecule has 0 heterocycles. The lowest BCUT2D eigenvalue weighted by Crippen LogP contribution is -2.31. The van der Waals surface area contributed by atoms with Gasteiger partial charge in [0.05, 0.1) is 13.0 Å². The maximum atomic E-state index is 12.0. The molecular weight excluding hydrogens is 228 g/mol. The zero-order valence-corrected chi connectivity index (χ0v) is 11.2. The zero-order chi connectivity index (χ0) is 13.4. The smallest absolute Gasteiger partial charge is 0.225 e. The van der Waals surface area contributed by atoms with E-state index in [2.05, 4.69) is 6.92 Å². The van der Waals surface area contributed by atoms with E-state index in [0.29, 0.717) is 19.6 Å². The van der Waals surface area contributed by atoms with Gasteiger partial charge in [-0.05, 0) is 24.1 Å². The Balaban J connectivity index is 2.61. The van der Waals surface area contributed by atoms with E-state index >= 15 is 0 Å². The van der Waals surface area contributed by atoms with Crippen molar-refractivity contribution in [1.82, 2.24) is 4.90 Å². The van der Waals surface area contributed by atoms with E-state index in [9.17, 15) is 4.79 Å². The molecule has 2 N–H and O–H groups in total. The van der Waals surface area contributed by atoms with Crippen LogP contribution < -0.4 is 5.73 Å². The van der Waals surface area contributed by atoms with E-state index in [1.807, 2.05) is 29.2 Å². The van der Waals surface area contributed by atoms with Crippen LogP contribution in [0, 0.1) is 0 Å². The predicted octanol–water partition coefficient (Wildman–Crippen LogP) is 2.04. The third kappa shape index (κ3) is 4.75. The van der Waals surface area contributed by atoms with Gasteiger partial charge in [0.2, 0.25) is 5.91 Å². The van der Waals surface area contributed by atoms with Crippen molar-refractivity contribution in [3.8, 4) is 0 Å². The molecule has 1 rings (SSSR count). The SMILES string of the molecule is CCCN(Cc1ccc(N)cc1)C(=O)CCOC. The topological polar surface area (TPSA) is 55.6 Å². The number of benzene rings is 1. The predicted molar refractivity (Wildman–Crippen MR) is 73.1 cm³/mol. The Hall–Kier alpha value is -1.55. The third-order valence-corrected chi connectivity index (χ3v) is 2.72. The van der Waals surface area contributed by atoms with Crippen LogP contribution in [0.2, 0.25) is 0 Å². The van der Waals surface area contributed by atoms with Crippen molar-refractivity contribution in [2.24, 2.45) is 0 Å². The van der Waals surface area contributed by atoms with Crippen LogP contribution in [0.25, 0.3) is 0 Å². The summed E-state index contributed by atoms with van der Waals surface area (Å²) in [7, 11) is 1.61. The Kier molecular flexibility index (Phi) is 6.22. The molecule has 0 radical (unpaired) electrons. The van der Waals surface area contributed by atoms with Crippen LogP contribution in [0.1, 0.15) is 25.3 Å². The van der Waals surface area contributed by atoms with Crippen molar-refractivity contribution in [3.63, 3.8) is 0 Å². The first-order chi connectivity index (χ1) is 8.67. The Labute approximate surface area is 109 Å². The lowest BCUT2D eigenvalue weighted by molar-refractivity contribution is -0.132. The maximum Gasteiger partial charge on any atom is 0.225 e. The fourth-order valence-electron chi connectivity index (χ4n) is 1.75. The number of nitrogen functional groups attached to an aromatic ring is 1. The molecule has 0 fully saturated rings. The number of amides is 1. The summed E-state index contributed by atoms with van der Waals surface area (Å²) in [5, 5.41) is 0. The van der Waals surface area contributed by atoms with E-state index in [1.54, 1.807) is 7.11 Å². The summed E-state index contributed by atoms with van der Waals surface area (Å²) in [5.74, 6) is 0.135. The lowest BCUT2D eigenvalue weighted by atomic mass is 10.2. The summed E-state index contributed by atoms with van der Waals surface area (Å²) in [4.78, 5) is 13.9. The summed E-state index contributed by atoms with van der Waals surface area (Å²) in [6.45, 7) is 3.95. The van der Waals surface area contributed by atoms with Gasteiger partial charge in [0, 0.05) is 25.9 Å². The van der Waals surface area contributed by atoms with Crippen LogP contribution >= 0.6 is 0 Å². The molecule has 1 amide bonds. The van der Waals surface area contributed by atoms with E-state index in [1.165, 1.54) is 0 Å². The molecule has 4 heteroatoms. The van der Waals surface area contributed by atoms with Crippen LogP contribution in [0.5, 0.6) is 0 Å². The first-order valence-electron chi connectivity index (χ1n) is 6.28. The largest absolute Gasteiger partial charge is 0.399 e. The van der Waals surface area contributed by atoms with Crippen molar-refractivity contribution in [1.29, 1.82) is 0 Å². The molecule has 0 aliphatic carbocycles. The van der Waals surface area contributed by atoms with E-state index in [4.69, 9.17) is 10.5 Å². The van der Waals surface area contributed by atoms with Crippen molar-refractivity contribution in [3.05, 3.63) is 29.8 Å². The van der Waals surface area contributed by atoms with Gasteiger partial charge in [0.1, 0.15) is 0 Å². The minimum atomic E-state index is 0.135. The molecule has 0 aliphatic rings. The van der Waals surface area contributed by atoms with E-state index in [0.717, 1.165) is 24.2 Å². The molecule has 1 aromatic rings. The Morgan fingerprint density at radius 1 is 1.33 bits per heavy atom. The molecule has 0 aromatic heterocycles. The van der Waals surface area contributed by atoms with Gasteiger partial charge < -0.3 is 15.4 Å². The van der Waals surface area contributed by atoms with Crippen LogP contribution in [-0.2, 0) is 16.1 Å². The molecular formula is C14H22N2O2. The Morgan fingerprint density at radius 2 is 2.00 bits per heavy atom. The van der Waals surface area contributed by atoms with Gasteiger partial charge in [-0.15, -0.1) is 0 Å². The van der Waals surface area contributed by atoms with Crippen molar-refractivity contribution < 1.29 is 9.53 Å². The first-order valence-corrected chi connectivity index (χ1v) is 6.28. The van der Waals surface area contributed by atoms with Crippen LogP contribution in [0.3, 0.4) is 0 Å². The summed E-state index contributed by atoms with van der Waals surface area (Å²) in [5.41, 5.74) is 7.49. The Bertz CT molecular complexity index is 363. The van der Waals surface area contributed by atoms with Crippen LogP contribution in [-0.4, -0.2) is 31.1 Å². The lowest BCUT2D eigenvalue weighted by Gasteiger charge is -2.22. The number of carbonyl (C=O) groups is 1. The number of methoxy groups -OCH3 is 1. The molecule has 100 valence electrons. The molecule has 0 unspecified atom stereocenters. The number of hydrogen-bond acceptors (Lipinski definition) is 3. The minimum absolute atomic E-state index is 0.135. The second kappa shape index (κ2) is 7.71. The van der Waals surface area contributed by atoms with Crippen molar-refractivity contribution in [2.75, 3.05) is 26.0 Å². The number of hydrogen-bond donors (Lipinski definition) is 1. The van der Waals surface area contributed by atoms with Gasteiger partial charge in [-0.25, -0.2) is 0 Å². The molecule has 18 heavy (non-hydrogen) atoms. The highest BCUT2D eigenvalue weighted by Gasteiger charge is 2.12. The fourth-order valence-corrected chi connectivity index (χ4v) is 1.75. The van der Waals surface area contributed by atoms with Crippen molar-refractivity contribution in [2.45, 2.75) is 26.3 Å². The van der Waals surface area contributed by atoms with Gasteiger partial charge in [0.25, 0.3) is 0 Å². The molecule has 4 nitrogen and oxygen atoms in total. The zero-order valence-electron chi connectivity index (χ0n) is 11.2. The summed E-state index contributed by atoms with van der Waals surface area (Å²) >= 11 is 0. The molecule has 1 aromatic carbocycles. The van der Waals surface area contributed by atoms with Gasteiger partial charge in [0.15, 0.2) is 0 Å². The number of nitrogens with two attached hydrogens (primary N) is 1. The second-order valence-electron chi connectivity index (χ2n) is 4.30. The molecule has 0 aliphatic heterocycles. The average molecular weight is 250 g/mol. The molecule has 0 atom stereocenters. The Morgan fingerprint density at radius 3 is 2.56 bits per heavy atom. The monoisotopic (exact) mass is 250 g/mol. The van der Waals surface area contributed by atoms with Gasteiger partial charge >= 0.3 is 0 Å². The van der Waals surface area contributed by atoms with Crippen LogP contribution in [0.15, 0.2) is 24.3 Å². The van der Waals surface area contributed by atoms with E-state index in [-0.39, 0.29) is 5.91 Å². The highest BCUT2D eigenvalue weighted by molar-refractivity contribution is 5.76. The number of rotatable bonds is 7. The summed E-state index contributed by atoms with van der Waals surface area (Å²) in [6.07, 6.45) is 1.39. The number of carbonyl (C=O) groups excluding carboxylic acids is 1.